The second-order valence-electron chi connectivity index (χ2n) is 5.81. The molecule has 0 aliphatic heterocycles. The molecule has 6 heteroatoms. The van der Waals surface area contributed by atoms with Crippen LogP contribution in [-0.2, 0) is 14.8 Å². The molecule has 0 radical (unpaired) electrons. The highest BCUT2D eigenvalue weighted by Crippen LogP contribution is 2.18. The van der Waals surface area contributed by atoms with Gasteiger partial charge in [0.05, 0.1) is 18.0 Å². The van der Waals surface area contributed by atoms with Crippen LogP contribution in [-0.4, -0.2) is 27.1 Å². The van der Waals surface area contributed by atoms with E-state index in [2.05, 4.69) is 5.32 Å². The Balaban J connectivity index is 2.12. The lowest BCUT2D eigenvalue weighted by atomic mass is 10.1. The number of hydrogen-bond donors (Lipinski definition) is 1. The van der Waals surface area contributed by atoms with Gasteiger partial charge in [-0.25, -0.2) is 8.42 Å². The number of anilines is 1. The summed E-state index contributed by atoms with van der Waals surface area (Å²) >= 11 is 0. The van der Waals surface area contributed by atoms with E-state index in [1.165, 1.54) is 0 Å². The van der Waals surface area contributed by atoms with E-state index < -0.39 is 10.0 Å². The second-order valence-corrected chi connectivity index (χ2v) is 7.71. The Morgan fingerprint density at radius 2 is 1.67 bits per heavy atom. The molecule has 0 aliphatic carbocycles. The third kappa shape index (κ3) is 4.83. The van der Waals surface area contributed by atoms with Crippen molar-refractivity contribution in [3.8, 4) is 0 Å². The van der Waals surface area contributed by atoms with Gasteiger partial charge in [0.25, 0.3) is 0 Å². The van der Waals surface area contributed by atoms with Gasteiger partial charge < -0.3 is 5.32 Å². The molecule has 1 atom stereocenters. The van der Waals surface area contributed by atoms with Crippen LogP contribution in [0.2, 0.25) is 0 Å². The summed E-state index contributed by atoms with van der Waals surface area (Å²) in [6.07, 6.45) is 1.10. The minimum absolute atomic E-state index is 0.196. The SMILES string of the molecule is Cc1ccc(N(CC(=O)N[C@@H](C)c2ccccc2)S(C)(=O)=O)cc1. The summed E-state index contributed by atoms with van der Waals surface area (Å²) in [7, 11) is -3.55. The summed E-state index contributed by atoms with van der Waals surface area (Å²) in [6.45, 7) is 3.53. The van der Waals surface area contributed by atoms with Crippen molar-refractivity contribution in [2.75, 3.05) is 17.1 Å². The van der Waals surface area contributed by atoms with Gasteiger partial charge in [-0.1, -0.05) is 48.0 Å². The molecule has 0 aromatic heterocycles. The topological polar surface area (TPSA) is 66.5 Å². The van der Waals surface area contributed by atoms with Crippen molar-refractivity contribution in [1.82, 2.24) is 5.32 Å². The molecule has 0 bridgehead atoms. The fourth-order valence-electron chi connectivity index (χ4n) is 2.35. The summed E-state index contributed by atoms with van der Waals surface area (Å²) in [5, 5.41) is 2.83. The predicted molar refractivity (Wildman–Crippen MR) is 96.4 cm³/mol. The van der Waals surface area contributed by atoms with E-state index in [1.807, 2.05) is 56.3 Å². The number of amides is 1. The van der Waals surface area contributed by atoms with Crippen LogP contribution in [0.15, 0.2) is 54.6 Å². The normalized spacial score (nSPS) is 12.5. The molecule has 128 valence electrons. The molecule has 24 heavy (non-hydrogen) atoms. The standard InChI is InChI=1S/C18H22N2O3S/c1-14-9-11-17(12-10-14)20(24(3,22)23)13-18(21)19-15(2)16-7-5-4-6-8-16/h4-12,15H,13H2,1-3H3,(H,19,21)/t15-/m0/s1. The number of carbonyl (C=O) groups excluding carboxylic acids is 1. The Morgan fingerprint density at radius 3 is 2.21 bits per heavy atom. The number of sulfonamides is 1. The number of hydrogen-bond acceptors (Lipinski definition) is 3. The largest absolute Gasteiger partial charge is 0.348 e. The molecule has 0 unspecified atom stereocenters. The Bertz CT molecular complexity index is 787. The van der Waals surface area contributed by atoms with Crippen LogP contribution >= 0.6 is 0 Å². The fraction of sp³-hybridized carbons (Fsp3) is 0.278. The van der Waals surface area contributed by atoms with Gasteiger partial charge in [0.15, 0.2) is 0 Å². The summed E-state index contributed by atoms with van der Waals surface area (Å²) in [4.78, 5) is 12.3. The molecule has 0 heterocycles. The number of benzene rings is 2. The maximum atomic E-state index is 12.3. The van der Waals surface area contributed by atoms with Crippen molar-refractivity contribution in [2.45, 2.75) is 19.9 Å². The minimum Gasteiger partial charge on any atom is -0.348 e. The first-order valence-electron chi connectivity index (χ1n) is 7.66. The number of nitrogens with one attached hydrogen (secondary N) is 1. The molecule has 0 fully saturated rings. The molecule has 5 nitrogen and oxygen atoms in total. The van der Waals surface area contributed by atoms with Crippen molar-refractivity contribution in [3.63, 3.8) is 0 Å². The Labute approximate surface area is 143 Å². The van der Waals surface area contributed by atoms with Crippen LogP contribution in [0.25, 0.3) is 0 Å². The molecule has 0 saturated heterocycles. The Hall–Kier alpha value is -2.34. The quantitative estimate of drug-likeness (QED) is 0.874. The maximum absolute atomic E-state index is 12.3. The van der Waals surface area contributed by atoms with Gasteiger partial charge in [-0.15, -0.1) is 0 Å². The van der Waals surface area contributed by atoms with E-state index in [0.717, 1.165) is 21.7 Å². The molecular formula is C18H22N2O3S. The van der Waals surface area contributed by atoms with Crippen molar-refractivity contribution >= 4 is 21.6 Å². The summed E-state index contributed by atoms with van der Waals surface area (Å²) in [5.74, 6) is -0.350. The Morgan fingerprint density at radius 1 is 1.08 bits per heavy atom. The zero-order chi connectivity index (χ0) is 17.7. The summed E-state index contributed by atoms with van der Waals surface area (Å²) < 4.78 is 25.2. The van der Waals surface area contributed by atoms with Crippen LogP contribution in [0.3, 0.4) is 0 Å². The molecule has 2 aromatic rings. The molecule has 2 aromatic carbocycles. The third-order valence-corrected chi connectivity index (χ3v) is 4.83. The van der Waals surface area contributed by atoms with Gasteiger partial charge in [-0.3, -0.25) is 9.10 Å². The molecule has 0 spiro atoms. The monoisotopic (exact) mass is 346 g/mol. The highest BCUT2D eigenvalue weighted by molar-refractivity contribution is 7.92. The van der Waals surface area contributed by atoms with E-state index in [-0.39, 0.29) is 18.5 Å². The average molecular weight is 346 g/mol. The van der Waals surface area contributed by atoms with Gasteiger partial charge in [0.2, 0.25) is 15.9 Å². The lowest BCUT2D eigenvalue weighted by Gasteiger charge is -2.23. The van der Waals surface area contributed by atoms with Gasteiger partial charge in [0.1, 0.15) is 6.54 Å². The zero-order valence-electron chi connectivity index (χ0n) is 14.1. The van der Waals surface area contributed by atoms with E-state index in [4.69, 9.17) is 0 Å². The lowest BCUT2D eigenvalue weighted by Crippen LogP contribution is -2.41. The highest BCUT2D eigenvalue weighted by atomic mass is 32.2. The van der Waals surface area contributed by atoms with E-state index >= 15 is 0 Å². The third-order valence-electron chi connectivity index (χ3n) is 3.69. The van der Waals surface area contributed by atoms with Gasteiger partial charge in [0, 0.05) is 0 Å². The lowest BCUT2D eigenvalue weighted by molar-refractivity contribution is -0.120. The first-order valence-corrected chi connectivity index (χ1v) is 9.51. The zero-order valence-corrected chi connectivity index (χ0v) is 14.9. The number of nitrogens with zero attached hydrogens (tertiary/aromatic N) is 1. The van der Waals surface area contributed by atoms with Crippen molar-refractivity contribution < 1.29 is 13.2 Å². The molecule has 2 rings (SSSR count). The summed E-state index contributed by atoms with van der Waals surface area (Å²) in [5.41, 5.74) is 2.46. The van der Waals surface area contributed by atoms with Crippen molar-refractivity contribution in [3.05, 3.63) is 65.7 Å². The average Bonchev–Trinajstić information content (AvgIpc) is 2.53. The van der Waals surface area contributed by atoms with Crippen molar-refractivity contribution in [1.29, 1.82) is 0 Å². The van der Waals surface area contributed by atoms with Crippen LogP contribution in [0.4, 0.5) is 5.69 Å². The van der Waals surface area contributed by atoms with Gasteiger partial charge in [-0.2, -0.15) is 0 Å². The van der Waals surface area contributed by atoms with Crippen LogP contribution in [0, 0.1) is 6.92 Å². The first-order chi connectivity index (χ1) is 11.3. The Kier molecular flexibility index (Phi) is 5.62. The number of carbonyl (C=O) groups is 1. The van der Waals surface area contributed by atoms with Crippen LogP contribution < -0.4 is 9.62 Å². The first kappa shape index (κ1) is 18.0. The molecule has 1 amide bonds. The highest BCUT2D eigenvalue weighted by Gasteiger charge is 2.21. The summed E-state index contributed by atoms with van der Waals surface area (Å²) in [6, 6.07) is 16.4. The number of aryl methyl sites for hydroxylation is 1. The van der Waals surface area contributed by atoms with Crippen LogP contribution in [0.5, 0.6) is 0 Å². The van der Waals surface area contributed by atoms with Gasteiger partial charge in [-0.05, 0) is 31.5 Å². The van der Waals surface area contributed by atoms with Gasteiger partial charge >= 0.3 is 0 Å². The molecule has 0 aliphatic rings. The molecule has 0 saturated carbocycles. The van der Waals surface area contributed by atoms with Crippen LogP contribution in [0.1, 0.15) is 24.1 Å². The van der Waals surface area contributed by atoms with Crippen molar-refractivity contribution in [2.24, 2.45) is 0 Å². The smallest absolute Gasteiger partial charge is 0.241 e. The van der Waals surface area contributed by atoms with E-state index in [1.54, 1.807) is 12.1 Å². The minimum atomic E-state index is -3.55. The molecule has 1 N–H and O–H groups in total. The second kappa shape index (κ2) is 7.49. The fourth-order valence-corrected chi connectivity index (χ4v) is 3.21. The number of rotatable bonds is 6. The molecular weight excluding hydrogens is 324 g/mol. The van der Waals surface area contributed by atoms with E-state index in [9.17, 15) is 13.2 Å². The predicted octanol–water partition coefficient (Wildman–Crippen LogP) is 2.64. The van der Waals surface area contributed by atoms with E-state index in [0.29, 0.717) is 5.69 Å². The maximum Gasteiger partial charge on any atom is 0.241 e.